The maximum atomic E-state index is 12.5. The van der Waals surface area contributed by atoms with Gasteiger partial charge in [0.25, 0.3) is 0 Å². The van der Waals surface area contributed by atoms with Crippen LogP contribution in [0.4, 0.5) is 30.4 Å². The predicted molar refractivity (Wildman–Crippen MR) is 115 cm³/mol. The predicted octanol–water partition coefficient (Wildman–Crippen LogP) is 3.58. The first kappa shape index (κ1) is 22.6. The number of benzene rings is 1. The van der Waals surface area contributed by atoms with Gasteiger partial charge < -0.3 is 20.3 Å². The molecule has 1 aliphatic rings. The molecule has 1 aliphatic heterocycles. The first-order valence-corrected chi connectivity index (χ1v) is 10.1. The largest absolute Gasteiger partial charge is 0.573 e. The minimum absolute atomic E-state index is 0.0926. The molecule has 3 heterocycles. The Morgan fingerprint density at radius 3 is 2.85 bits per heavy atom. The van der Waals surface area contributed by atoms with Crippen molar-refractivity contribution in [1.82, 2.24) is 20.0 Å². The van der Waals surface area contributed by atoms with Crippen molar-refractivity contribution in [3.05, 3.63) is 52.4 Å². The van der Waals surface area contributed by atoms with Crippen LogP contribution in [-0.4, -0.2) is 45.8 Å². The average molecular weight is 482 g/mol. The third kappa shape index (κ3) is 5.45. The number of hydrogen-bond acceptors (Lipinski definition) is 7. The molecule has 0 spiro atoms. The molecule has 3 aromatic rings. The molecule has 0 bridgehead atoms. The summed E-state index contributed by atoms with van der Waals surface area (Å²) in [6.45, 7) is 2.57. The van der Waals surface area contributed by atoms with Crippen molar-refractivity contribution < 1.29 is 22.7 Å². The zero-order valence-electron chi connectivity index (χ0n) is 17.6. The van der Waals surface area contributed by atoms with Gasteiger partial charge in [0.2, 0.25) is 5.91 Å². The van der Waals surface area contributed by atoms with Gasteiger partial charge in [0.15, 0.2) is 0 Å². The number of rotatable bonds is 6. The second-order valence-corrected chi connectivity index (χ2v) is 7.87. The number of hydrogen-bond donors (Lipinski definition) is 2. The first-order chi connectivity index (χ1) is 15.6. The molecule has 0 saturated carbocycles. The number of ether oxygens (including phenoxy) is 1. The van der Waals surface area contributed by atoms with Gasteiger partial charge >= 0.3 is 6.36 Å². The lowest BCUT2D eigenvalue weighted by Gasteiger charge is -2.28. The number of alkyl halides is 3. The van der Waals surface area contributed by atoms with E-state index in [-0.39, 0.29) is 24.0 Å². The molecular weight excluding hydrogens is 463 g/mol. The van der Waals surface area contributed by atoms with E-state index in [2.05, 4.69) is 30.7 Å². The van der Waals surface area contributed by atoms with Gasteiger partial charge in [0, 0.05) is 13.1 Å². The Morgan fingerprint density at radius 2 is 2.09 bits per heavy atom. The molecule has 174 valence electrons. The van der Waals surface area contributed by atoms with E-state index in [9.17, 15) is 18.0 Å². The fourth-order valence-corrected chi connectivity index (χ4v) is 3.55. The van der Waals surface area contributed by atoms with Gasteiger partial charge in [-0.15, -0.1) is 18.3 Å². The highest BCUT2D eigenvalue weighted by Crippen LogP contribution is 2.33. The maximum Gasteiger partial charge on any atom is 0.573 e. The smallest absolute Gasteiger partial charge is 0.404 e. The Bertz CT molecular complexity index is 1200. The molecule has 0 unspecified atom stereocenters. The average Bonchev–Trinajstić information content (AvgIpc) is 3.16. The minimum atomic E-state index is -4.84. The van der Waals surface area contributed by atoms with E-state index in [0.29, 0.717) is 35.0 Å². The van der Waals surface area contributed by atoms with Gasteiger partial charge in [-0.2, -0.15) is 0 Å². The highest BCUT2D eigenvalue weighted by molar-refractivity contribution is 6.32. The van der Waals surface area contributed by atoms with Crippen LogP contribution in [0.15, 0.2) is 30.5 Å². The highest BCUT2D eigenvalue weighted by atomic mass is 35.5. The van der Waals surface area contributed by atoms with Crippen molar-refractivity contribution in [2.24, 2.45) is 0 Å². The van der Waals surface area contributed by atoms with E-state index in [1.807, 2.05) is 24.9 Å². The fraction of sp³-hybridized carbons (Fsp3) is 0.300. The van der Waals surface area contributed by atoms with E-state index in [1.54, 1.807) is 12.3 Å². The number of nitrogens with one attached hydrogen (secondary N) is 2. The number of aromatic nitrogens is 4. The summed E-state index contributed by atoms with van der Waals surface area (Å²) in [6, 6.07) is 5.97. The van der Waals surface area contributed by atoms with Crippen LogP contribution >= 0.6 is 11.6 Å². The van der Waals surface area contributed by atoms with Gasteiger partial charge in [-0.3, -0.25) is 4.79 Å². The topological polar surface area (TPSA) is 97.2 Å². The lowest BCUT2D eigenvalue weighted by molar-refractivity contribution is -0.274. The second kappa shape index (κ2) is 8.77. The first-order valence-electron chi connectivity index (χ1n) is 9.77. The van der Waals surface area contributed by atoms with Crippen LogP contribution in [0.2, 0.25) is 5.02 Å². The van der Waals surface area contributed by atoms with E-state index in [1.165, 1.54) is 16.8 Å². The van der Waals surface area contributed by atoms with Gasteiger partial charge in [-0.25, -0.2) is 9.67 Å². The van der Waals surface area contributed by atoms with Crippen LogP contribution in [0, 0.1) is 6.92 Å². The maximum absolute atomic E-state index is 12.5. The van der Waals surface area contributed by atoms with E-state index in [0.717, 1.165) is 5.69 Å². The van der Waals surface area contributed by atoms with Crippen molar-refractivity contribution in [2.75, 3.05) is 29.1 Å². The molecule has 2 N–H and O–H groups in total. The third-order valence-corrected chi connectivity index (χ3v) is 5.15. The number of carbonyl (C=O) groups excluding carboxylic acids is 1. The second-order valence-electron chi connectivity index (χ2n) is 7.46. The van der Waals surface area contributed by atoms with Crippen LogP contribution in [0.5, 0.6) is 5.75 Å². The molecule has 33 heavy (non-hydrogen) atoms. The van der Waals surface area contributed by atoms with Crippen molar-refractivity contribution in [1.29, 1.82) is 0 Å². The lowest BCUT2D eigenvalue weighted by Crippen LogP contribution is -2.36. The number of aryl methyl sites for hydroxylation is 1. The number of anilines is 3. The van der Waals surface area contributed by atoms with Crippen molar-refractivity contribution >= 4 is 34.7 Å². The van der Waals surface area contributed by atoms with Gasteiger partial charge in [-0.05, 0) is 24.6 Å². The summed E-state index contributed by atoms with van der Waals surface area (Å²) in [4.78, 5) is 18.0. The number of amides is 1. The Morgan fingerprint density at radius 1 is 1.30 bits per heavy atom. The molecule has 13 heteroatoms. The highest BCUT2D eigenvalue weighted by Gasteiger charge is 2.32. The molecule has 0 fully saturated rings. The zero-order chi connectivity index (χ0) is 23.8. The van der Waals surface area contributed by atoms with E-state index in [4.69, 9.17) is 11.6 Å². The molecule has 1 amide bonds. The standard InChI is InChI=1S/C20H19ClF3N7O2/c1-11-19-15(30(2)10-18(32)27-19)6-17(26-11)25-7-13-9-31(29-28-13)8-12-3-4-14(21)16(5-12)33-20(22,23)24/h3-6,9H,7-8,10H2,1-2H3,(H,25,26)(H,27,32). The lowest BCUT2D eigenvalue weighted by atomic mass is 10.2. The number of likely N-dealkylation sites (N-methyl/N-ethyl adjacent to an activating group) is 1. The van der Waals surface area contributed by atoms with Gasteiger partial charge in [0.05, 0.1) is 47.9 Å². The summed E-state index contributed by atoms with van der Waals surface area (Å²) in [7, 11) is 1.83. The van der Waals surface area contributed by atoms with Crippen LogP contribution in [0.1, 0.15) is 17.0 Å². The quantitative estimate of drug-likeness (QED) is 0.555. The molecule has 0 aliphatic carbocycles. The number of halogens is 4. The Balaban J connectivity index is 1.42. The molecule has 4 rings (SSSR count). The van der Waals surface area contributed by atoms with Gasteiger partial charge in [0.1, 0.15) is 17.3 Å². The van der Waals surface area contributed by atoms with E-state index < -0.39 is 12.1 Å². The normalized spacial score (nSPS) is 13.5. The molecule has 1 aromatic carbocycles. The summed E-state index contributed by atoms with van der Waals surface area (Å²) in [5.41, 5.74) is 3.34. The van der Waals surface area contributed by atoms with Crippen molar-refractivity contribution in [3.63, 3.8) is 0 Å². The summed E-state index contributed by atoms with van der Waals surface area (Å²) < 4.78 is 43.0. The molecule has 9 nitrogen and oxygen atoms in total. The summed E-state index contributed by atoms with van der Waals surface area (Å²) in [5, 5.41) is 14.0. The van der Waals surface area contributed by atoms with Crippen LogP contribution in [0.3, 0.4) is 0 Å². The molecule has 2 aromatic heterocycles. The van der Waals surface area contributed by atoms with Gasteiger partial charge in [-0.1, -0.05) is 22.9 Å². The van der Waals surface area contributed by atoms with Crippen molar-refractivity contribution in [3.8, 4) is 5.75 Å². The Hall–Kier alpha value is -3.54. The van der Waals surface area contributed by atoms with Crippen LogP contribution in [-0.2, 0) is 17.9 Å². The summed E-state index contributed by atoms with van der Waals surface area (Å²) in [5.74, 6) is 0.0409. The third-order valence-electron chi connectivity index (χ3n) is 4.84. The monoisotopic (exact) mass is 481 g/mol. The SMILES string of the molecule is Cc1nc(NCc2cn(Cc3ccc(Cl)c(OC(F)(F)F)c3)nn2)cc2c1NC(=O)CN2C. The molecule has 0 radical (unpaired) electrons. The fourth-order valence-electron chi connectivity index (χ4n) is 3.40. The van der Waals surface area contributed by atoms with Crippen molar-refractivity contribution in [2.45, 2.75) is 26.4 Å². The number of nitrogens with zero attached hydrogens (tertiary/aromatic N) is 5. The number of carbonyl (C=O) groups is 1. The summed E-state index contributed by atoms with van der Waals surface area (Å²) >= 11 is 5.78. The van der Waals surface area contributed by atoms with E-state index >= 15 is 0 Å². The molecule has 0 saturated heterocycles. The minimum Gasteiger partial charge on any atom is -0.404 e. The van der Waals surface area contributed by atoms with Crippen LogP contribution in [0.25, 0.3) is 0 Å². The Labute approximate surface area is 191 Å². The molecule has 0 atom stereocenters. The molecular formula is C20H19ClF3N7O2. The van der Waals surface area contributed by atoms with Crippen LogP contribution < -0.4 is 20.3 Å². The summed E-state index contributed by atoms with van der Waals surface area (Å²) in [6.07, 6.45) is -3.17. The number of pyridine rings is 1. The Kier molecular flexibility index (Phi) is 6.02. The zero-order valence-corrected chi connectivity index (χ0v) is 18.3. The number of fused-ring (bicyclic) bond motifs is 1.